The molecular weight excluding hydrogens is 318 g/mol. The second-order valence-electron chi connectivity index (χ2n) is 6.77. The molecule has 1 aliphatic carbocycles. The quantitative estimate of drug-likeness (QED) is 0.529. The van der Waals surface area contributed by atoms with Crippen LogP contribution >= 0.6 is 0 Å². The second-order valence-corrected chi connectivity index (χ2v) is 6.77. The van der Waals surface area contributed by atoms with Crippen LogP contribution in [0.15, 0.2) is 78.9 Å². The Bertz CT molecular complexity index is 942. The van der Waals surface area contributed by atoms with Crippen molar-refractivity contribution in [3.8, 4) is 0 Å². The zero-order chi connectivity index (χ0) is 17.9. The van der Waals surface area contributed by atoms with E-state index in [2.05, 4.69) is 66.4 Å². The van der Waals surface area contributed by atoms with Crippen molar-refractivity contribution in [2.45, 2.75) is 13.3 Å². The number of rotatable bonds is 4. The highest BCUT2D eigenvalue weighted by atomic mass is 16.1. The predicted octanol–water partition coefficient (Wildman–Crippen LogP) is 6.17. The van der Waals surface area contributed by atoms with Crippen molar-refractivity contribution in [2.24, 2.45) is 5.92 Å². The summed E-state index contributed by atoms with van der Waals surface area (Å²) >= 11 is 0. The van der Waals surface area contributed by atoms with Crippen LogP contribution in [0, 0.1) is 5.92 Å². The second kappa shape index (κ2) is 7.01. The number of benzene rings is 3. The maximum absolute atomic E-state index is 11.0. The highest BCUT2D eigenvalue weighted by Gasteiger charge is 2.20. The molecule has 0 bridgehead atoms. The van der Waals surface area contributed by atoms with Gasteiger partial charge in [0.25, 0.3) is 0 Å². The molecule has 0 heterocycles. The number of carbonyl (C=O) groups excluding carboxylic acids is 1. The van der Waals surface area contributed by atoms with E-state index >= 15 is 0 Å². The van der Waals surface area contributed by atoms with E-state index in [0.29, 0.717) is 11.5 Å². The number of anilines is 3. The first-order chi connectivity index (χ1) is 12.8. The number of carbonyl (C=O) groups is 1. The molecular formula is C24H21NO. The topological polar surface area (TPSA) is 20.3 Å². The molecule has 3 aromatic carbocycles. The van der Waals surface area contributed by atoms with E-state index in [9.17, 15) is 4.79 Å². The van der Waals surface area contributed by atoms with Gasteiger partial charge in [0.2, 0.25) is 0 Å². The number of hydrogen-bond donors (Lipinski definition) is 0. The Balaban J connectivity index is 1.89. The van der Waals surface area contributed by atoms with Gasteiger partial charge < -0.3 is 4.90 Å². The summed E-state index contributed by atoms with van der Waals surface area (Å²) in [6.07, 6.45) is 6.41. The Morgan fingerprint density at radius 3 is 2.35 bits per heavy atom. The molecule has 4 rings (SSSR count). The third-order valence-corrected chi connectivity index (χ3v) is 4.86. The lowest BCUT2D eigenvalue weighted by Crippen LogP contribution is -2.15. The number of hydrogen-bond acceptors (Lipinski definition) is 2. The number of nitrogens with zero attached hydrogens (tertiary/aromatic N) is 1. The molecule has 1 atom stereocenters. The first kappa shape index (κ1) is 16.3. The van der Waals surface area contributed by atoms with Crippen molar-refractivity contribution in [1.29, 1.82) is 0 Å². The third-order valence-electron chi connectivity index (χ3n) is 4.86. The van der Waals surface area contributed by atoms with Crippen LogP contribution in [-0.4, -0.2) is 6.29 Å². The van der Waals surface area contributed by atoms with Crippen molar-refractivity contribution in [3.05, 3.63) is 95.6 Å². The molecule has 0 fully saturated rings. The van der Waals surface area contributed by atoms with Gasteiger partial charge in [-0.3, -0.25) is 4.79 Å². The summed E-state index contributed by atoms with van der Waals surface area (Å²) in [5.41, 5.74) is 6.70. The van der Waals surface area contributed by atoms with Gasteiger partial charge >= 0.3 is 0 Å². The van der Waals surface area contributed by atoms with Crippen LogP contribution in [0.4, 0.5) is 17.1 Å². The fourth-order valence-electron chi connectivity index (χ4n) is 3.54. The summed E-state index contributed by atoms with van der Waals surface area (Å²) in [4.78, 5) is 13.3. The zero-order valence-electron chi connectivity index (χ0n) is 14.8. The fourth-order valence-corrected chi connectivity index (χ4v) is 3.54. The minimum atomic E-state index is 0.527. The van der Waals surface area contributed by atoms with E-state index in [1.165, 1.54) is 16.8 Å². The van der Waals surface area contributed by atoms with Crippen LogP contribution in [0.5, 0.6) is 0 Å². The SMILES string of the molecule is CC1C=Cc2cccc(N(c3ccccc3)c3ccc(C=O)cc3)c2C1. The van der Waals surface area contributed by atoms with Gasteiger partial charge in [-0.05, 0) is 65.9 Å². The van der Waals surface area contributed by atoms with Crippen molar-refractivity contribution >= 4 is 29.4 Å². The number of aldehydes is 1. The minimum absolute atomic E-state index is 0.527. The van der Waals surface area contributed by atoms with Crippen molar-refractivity contribution in [1.82, 2.24) is 0 Å². The molecule has 0 radical (unpaired) electrons. The van der Waals surface area contributed by atoms with E-state index in [-0.39, 0.29) is 0 Å². The van der Waals surface area contributed by atoms with E-state index in [1.54, 1.807) is 0 Å². The van der Waals surface area contributed by atoms with Gasteiger partial charge in [0.15, 0.2) is 0 Å². The smallest absolute Gasteiger partial charge is 0.150 e. The van der Waals surface area contributed by atoms with Crippen LogP contribution in [0.1, 0.15) is 28.4 Å². The van der Waals surface area contributed by atoms with Crippen molar-refractivity contribution in [3.63, 3.8) is 0 Å². The molecule has 0 spiro atoms. The lowest BCUT2D eigenvalue weighted by molar-refractivity contribution is 0.112. The van der Waals surface area contributed by atoms with E-state index in [0.717, 1.165) is 24.1 Å². The van der Waals surface area contributed by atoms with Gasteiger partial charge in [-0.25, -0.2) is 0 Å². The van der Waals surface area contributed by atoms with Gasteiger partial charge in [-0.15, -0.1) is 0 Å². The summed E-state index contributed by atoms with van der Waals surface area (Å²) in [6, 6.07) is 24.6. The fraction of sp³-hybridized carbons (Fsp3) is 0.125. The van der Waals surface area contributed by atoms with Gasteiger partial charge in [0.1, 0.15) is 6.29 Å². The largest absolute Gasteiger partial charge is 0.310 e. The summed E-state index contributed by atoms with van der Waals surface area (Å²) in [5.74, 6) is 0.527. The Morgan fingerprint density at radius 1 is 0.885 bits per heavy atom. The van der Waals surface area contributed by atoms with Gasteiger partial charge in [0.05, 0.1) is 0 Å². The average Bonchev–Trinajstić information content (AvgIpc) is 2.70. The maximum atomic E-state index is 11.0. The Morgan fingerprint density at radius 2 is 1.62 bits per heavy atom. The van der Waals surface area contributed by atoms with Crippen LogP contribution in [0.3, 0.4) is 0 Å². The van der Waals surface area contributed by atoms with Crippen molar-refractivity contribution < 1.29 is 4.79 Å². The summed E-state index contributed by atoms with van der Waals surface area (Å²) in [7, 11) is 0. The highest BCUT2D eigenvalue weighted by Crippen LogP contribution is 2.40. The van der Waals surface area contributed by atoms with E-state index in [4.69, 9.17) is 0 Å². The predicted molar refractivity (Wildman–Crippen MR) is 108 cm³/mol. The monoisotopic (exact) mass is 339 g/mol. The Kier molecular flexibility index (Phi) is 4.40. The summed E-state index contributed by atoms with van der Waals surface area (Å²) < 4.78 is 0. The molecule has 26 heavy (non-hydrogen) atoms. The molecule has 0 saturated carbocycles. The molecule has 2 nitrogen and oxygen atoms in total. The number of allylic oxidation sites excluding steroid dienone is 1. The molecule has 0 N–H and O–H groups in total. The molecule has 128 valence electrons. The summed E-state index contributed by atoms with van der Waals surface area (Å²) in [6.45, 7) is 2.25. The molecule has 1 unspecified atom stereocenters. The van der Waals surface area contributed by atoms with Crippen LogP contribution in [0.2, 0.25) is 0 Å². The number of para-hydroxylation sites is 1. The van der Waals surface area contributed by atoms with Gasteiger partial charge in [-0.1, -0.05) is 49.4 Å². The highest BCUT2D eigenvalue weighted by molar-refractivity contribution is 5.83. The summed E-state index contributed by atoms with van der Waals surface area (Å²) in [5, 5.41) is 0. The van der Waals surface area contributed by atoms with Gasteiger partial charge in [-0.2, -0.15) is 0 Å². The lowest BCUT2D eigenvalue weighted by Gasteiger charge is -2.30. The number of fused-ring (bicyclic) bond motifs is 1. The van der Waals surface area contributed by atoms with Crippen LogP contribution < -0.4 is 4.90 Å². The average molecular weight is 339 g/mol. The molecule has 2 heteroatoms. The standard InChI is InChI=1S/C24H21NO/c1-18-10-13-20-6-5-9-24(23(20)16-18)25(21-7-3-2-4-8-21)22-14-11-19(17-26)12-15-22/h2-15,17-18H,16H2,1H3. The van der Waals surface area contributed by atoms with E-state index < -0.39 is 0 Å². The van der Waals surface area contributed by atoms with Crippen LogP contribution in [-0.2, 0) is 6.42 Å². The first-order valence-electron chi connectivity index (χ1n) is 8.97. The maximum Gasteiger partial charge on any atom is 0.150 e. The van der Waals surface area contributed by atoms with Gasteiger partial charge in [0, 0.05) is 22.6 Å². The third kappa shape index (κ3) is 3.06. The van der Waals surface area contributed by atoms with E-state index in [1.807, 2.05) is 30.3 Å². The van der Waals surface area contributed by atoms with Crippen molar-refractivity contribution in [2.75, 3.05) is 4.90 Å². The minimum Gasteiger partial charge on any atom is -0.310 e. The molecule has 1 aliphatic rings. The molecule has 0 amide bonds. The lowest BCUT2D eigenvalue weighted by atomic mass is 9.89. The molecule has 0 aliphatic heterocycles. The Labute approximate surface area is 154 Å². The molecule has 0 saturated heterocycles. The molecule has 0 aromatic heterocycles. The zero-order valence-corrected chi connectivity index (χ0v) is 14.8. The molecule has 3 aromatic rings. The Hall–Kier alpha value is -3.13. The van der Waals surface area contributed by atoms with Crippen LogP contribution in [0.25, 0.3) is 6.08 Å². The first-order valence-corrected chi connectivity index (χ1v) is 8.97. The normalized spacial score (nSPS) is 15.3.